The van der Waals surface area contributed by atoms with Crippen LogP contribution in [0.1, 0.15) is 61.6 Å². The van der Waals surface area contributed by atoms with Gasteiger partial charge < -0.3 is 23.4 Å². The number of amides is 1. The van der Waals surface area contributed by atoms with E-state index in [-0.39, 0.29) is 78.9 Å². The van der Waals surface area contributed by atoms with Crippen molar-refractivity contribution in [1.29, 1.82) is 0 Å². The number of nitrogens with zero attached hydrogens (tertiary/aromatic N) is 5. The van der Waals surface area contributed by atoms with Crippen LogP contribution < -0.4 is 10.9 Å². The van der Waals surface area contributed by atoms with Gasteiger partial charge in [-0.3, -0.25) is 24.5 Å². The Morgan fingerprint density at radius 1 is 1.27 bits per heavy atom. The van der Waals surface area contributed by atoms with Crippen molar-refractivity contribution >= 4 is 31.5 Å². The van der Waals surface area contributed by atoms with Crippen molar-refractivity contribution in [2.24, 2.45) is 11.8 Å². The zero-order chi connectivity index (χ0) is 29.6. The van der Waals surface area contributed by atoms with E-state index in [2.05, 4.69) is 57.5 Å². The molecular weight excluding hydrogens is 537 g/mol. The number of anilines is 1. The largest absolute Gasteiger partial charge is 0.373 e. The Kier molecular flexibility index (Phi) is 11.6. The van der Waals surface area contributed by atoms with Crippen molar-refractivity contribution < 1.29 is 23.3 Å². The molecule has 3 rings (SSSR count). The summed E-state index contributed by atoms with van der Waals surface area (Å²) in [5.74, 6) is -0.584. The quantitative estimate of drug-likeness (QED) is 0.194. The Morgan fingerprint density at radius 3 is 2.58 bits per heavy atom. The standard InChI is InChI=1S/C26H42N7O6P/c1-10-36-21-18(8)19(13-38-40(37-12-11-27-9)33(16(4)5)17(6)7)39-25(21)32-14-28-20-22(32)29-26(31-24(20)35)30-23(34)15(2)3/h14-19,21,25H,10-13H2,1-8H3,(H2,29,30,31,34,35)/t18-,19-,21-,25-,40?/m1/s1. The monoisotopic (exact) mass is 579 g/mol. The lowest BCUT2D eigenvalue weighted by atomic mass is 10.0. The molecule has 14 heteroatoms. The Bertz CT molecular complexity index is 1220. The fourth-order valence-corrected chi connectivity index (χ4v) is 6.18. The Morgan fingerprint density at radius 2 is 1.98 bits per heavy atom. The first-order chi connectivity index (χ1) is 19.0. The number of hydrogen-bond donors (Lipinski definition) is 2. The summed E-state index contributed by atoms with van der Waals surface area (Å²) in [7, 11) is -1.43. The fraction of sp³-hybridized carbons (Fsp3) is 0.731. The Hall–Kier alpha value is -2.46. The maximum atomic E-state index is 12.7. The maximum Gasteiger partial charge on any atom is 0.280 e. The Balaban J connectivity index is 1.87. The van der Waals surface area contributed by atoms with E-state index < -0.39 is 20.3 Å². The molecule has 1 saturated heterocycles. The molecule has 2 N–H and O–H groups in total. The number of hydrogen-bond acceptors (Lipinski definition) is 9. The summed E-state index contributed by atoms with van der Waals surface area (Å²) >= 11 is 0. The lowest BCUT2D eigenvalue weighted by Crippen LogP contribution is -2.35. The van der Waals surface area contributed by atoms with Gasteiger partial charge >= 0.3 is 0 Å². The lowest BCUT2D eigenvalue weighted by molar-refractivity contribution is -0.118. The first-order valence-corrected chi connectivity index (χ1v) is 14.8. The molecule has 1 aliphatic heterocycles. The number of H-pyrrole nitrogens is 1. The zero-order valence-electron chi connectivity index (χ0n) is 24.6. The summed E-state index contributed by atoms with van der Waals surface area (Å²) in [6.07, 6.45) is 0.160. The molecule has 0 aromatic carbocycles. The highest BCUT2D eigenvalue weighted by atomic mass is 31.2. The van der Waals surface area contributed by atoms with Gasteiger partial charge in [-0.15, -0.1) is 0 Å². The molecule has 3 heterocycles. The molecule has 0 bridgehead atoms. The van der Waals surface area contributed by atoms with E-state index in [1.54, 1.807) is 18.4 Å². The fourth-order valence-electron chi connectivity index (χ4n) is 4.57. The van der Waals surface area contributed by atoms with Gasteiger partial charge in [0, 0.05) is 30.5 Å². The van der Waals surface area contributed by atoms with Crippen molar-refractivity contribution in [1.82, 2.24) is 24.2 Å². The minimum absolute atomic E-state index is 0.0431. The number of ether oxygens (including phenoxy) is 2. The summed E-state index contributed by atoms with van der Waals surface area (Å²) in [6.45, 7) is 24.1. The van der Waals surface area contributed by atoms with Crippen molar-refractivity contribution in [2.75, 3.05) is 31.7 Å². The van der Waals surface area contributed by atoms with Crippen LogP contribution in [-0.2, 0) is 23.3 Å². The predicted octanol–water partition coefficient (Wildman–Crippen LogP) is 3.95. The molecule has 1 unspecified atom stereocenters. The summed E-state index contributed by atoms with van der Waals surface area (Å²) in [6, 6.07) is 0.355. The smallest absolute Gasteiger partial charge is 0.280 e. The van der Waals surface area contributed by atoms with Gasteiger partial charge in [0.1, 0.15) is 12.7 Å². The van der Waals surface area contributed by atoms with E-state index in [1.807, 2.05) is 13.8 Å². The van der Waals surface area contributed by atoms with Crippen LogP contribution in [0.15, 0.2) is 11.1 Å². The normalized spacial score (nSPS) is 22.1. The van der Waals surface area contributed by atoms with Gasteiger partial charge in [0.25, 0.3) is 14.1 Å². The van der Waals surface area contributed by atoms with Gasteiger partial charge in [-0.05, 0) is 34.6 Å². The van der Waals surface area contributed by atoms with Crippen molar-refractivity contribution in [3.8, 4) is 0 Å². The van der Waals surface area contributed by atoms with Gasteiger partial charge in [-0.2, -0.15) is 4.98 Å². The van der Waals surface area contributed by atoms with E-state index >= 15 is 0 Å². The van der Waals surface area contributed by atoms with Gasteiger partial charge in [-0.1, -0.05) is 20.8 Å². The maximum absolute atomic E-state index is 12.7. The predicted molar refractivity (Wildman–Crippen MR) is 153 cm³/mol. The van der Waals surface area contributed by atoms with E-state index in [0.29, 0.717) is 6.61 Å². The summed E-state index contributed by atoms with van der Waals surface area (Å²) < 4.78 is 28.8. The molecule has 40 heavy (non-hydrogen) atoms. The Labute approximate surface area is 236 Å². The van der Waals surface area contributed by atoms with Crippen molar-refractivity contribution in [3.05, 3.63) is 28.1 Å². The van der Waals surface area contributed by atoms with E-state index in [9.17, 15) is 9.59 Å². The number of carbonyl (C=O) groups is 1. The number of carbonyl (C=O) groups excluding carboxylic acids is 1. The highest BCUT2D eigenvalue weighted by Crippen LogP contribution is 2.47. The highest BCUT2D eigenvalue weighted by molar-refractivity contribution is 7.44. The van der Waals surface area contributed by atoms with Gasteiger partial charge in [0.15, 0.2) is 17.4 Å². The van der Waals surface area contributed by atoms with E-state index in [0.717, 1.165) is 0 Å². The number of imidazole rings is 1. The van der Waals surface area contributed by atoms with Crippen LogP contribution in [0.2, 0.25) is 0 Å². The number of nitrogens with one attached hydrogen (secondary N) is 2. The first-order valence-electron chi connectivity index (χ1n) is 13.7. The highest BCUT2D eigenvalue weighted by Gasteiger charge is 2.45. The van der Waals surface area contributed by atoms with Crippen LogP contribution in [-0.4, -0.2) is 80.8 Å². The number of aromatic amines is 1. The number of rotatable bonds is 14. The van der Waals surface area contributed by atoms with Crippen LogP contribution in [0.5, 0.6) is 0 Å². The zero-order valence-corrected chi connectivity index (χ0v) is 25.5. The summed E-state index contributed by atoms with van der Waals surface area (Å²) in [5, 5.41) is 2.64. The second kappa shape index (κ2) is 14.4. The van der Waals surface area contributed by atoms with E-state index in [1.165, 1.54) is 6.33 Å². The van der Waals surface area contributed by atoms with Crippen molar-refractivity contribution in [2.45, 2.75) is 85.9 Å². The first kappa shape index (κ1) is 32.1. The topological polar surface area (TPSA) is 137 Å². The second-order valence-electron chi connectivity index (χ2n) is 10.5. The molecular formula is C26H42N7O6P. The molecule has 0 aliphatic carbocycles. The molecule has 13 nitrogen and oxygen atoms in total. The molecule has 2 aromatic rings. The van der Waals surface area contributed by atoms with Crippen LogP contribution in [0, 0.1) is 18.4 Å². The minimum Gasteiger partial charge on any atom is -0.373 e. The molecule has 1 amide bonds. The third-order valence-corrected chi connectivity index (χ3v) is 8.61. The van der Waals surface area contributed by atoms with Gasteiger partial charge in [-0.25, -0.2) is 16.2 Å². The average molecular weight is 580 g/mol. The molecule has 222 valence electrons. The van der Waals surface area contributed by atoms with Crippen molar-refractivity contribution in [3.63, 3.8) is 0 Å². The third kappa shape index (κ3) is 7.43. The van der Waals surface area contributed by atoms with Gasteiger partial charge in [0.05, 0.1) is 19.0 Å². The molecule has 0 saturated carbocycles. The van der Waals surface area contributed by atoms with Crippen LogP contribution in [0.3, 0.4) is 0 Å². The minimum atomic E-state index is -1.43. The summed E-state index contributed by atoms with van der Waals surface area (Å²) in [5.41, 5.74) is -0.0526. The van der Waals surface area contributed by atoms with Crippen LogP contribution in [0.25, 0.3) is 16.0 Å². The average Bonchev–Trinajstić information content (AvgIpc) is 3.43. The molecule has 1 aliphatic rings. The molecule has 0 spiro atoms. The third-order valence-electron chi connectivity index (χ3n) is 6.53. The SMILES string of the molecule is [C-]#[N+]CCOP(OC[C@H]1O[C@@H](n2cnc3c(=O)[nH]c(NC(=O)C(C)C)nc32)[C@H](OCC)[C@@H]1C)N(C(C)C)C(C)C. The molecule has 5 atom stereocenters. The summed E-state index contributed by atoms with van der Waals surface area (Å²) in [4.78, 5) is 39.7. The lowest BCUT2D eigenvalue weighted by Gasteiger charge is -2.36. The van der Waals surface area contributed by atoms with E-state index in [4.69, 9.17) is 25.1 Å². The van der Waals surface area contributed by atoms with Crippen LogP contribution >= 0.6 is 8.53 Å². The molecule has 1 fully saturated rings. The number of fused-ring (bicyclic) bond motifs is 1. The second-order valence-corrected chi connectivity index (χ2v) is 12.0. The number of aromatic nitrogens is 4. The molecule has 0 radical (unpaired) electrons. The molecule has 2 aromatic heterocycles. The van der Waals surface area contributed by atoms with Gasteiger partial charge in [0.2, 0.25) is 18.4 Å². The van der Waals surface area contributed by atoms with Crippen LogP contribution in [0.4, 0.5) is 5.95 Å².